The van der Waals surface area contributed by atoms with Crippen LogP contribution in [0.1, 0.15) is 47.5 Å². The zero-order chi connectivity index (χ0) is 15.3. The van der Waals surface area contributed by atoms with Crippen molar-refractivity contribution < 1.29 is 23.7 Å². The van der Waals surface area contributed by atoms with Gasteiger partial charge in [-0.15, -0.1) is 0 Å². The van der Waals surface area contributed by atoms with Crippen molar-refractivity contribution in [2.75, 3.05) is 0 Å². The Morgan fingerprint density at radius 2 is 1.48 bits per heavy atom. The van der Waals surface area contributed by atoms with Gasteiger partial charge in [-0.1, -0.05) is 25.5 Å². The van der Waals surface area contributed by atoms with E-state index in [2.05, 4.69) is 19.1 Å². The Hall–Kier alpha value is -0.460. The molecule has 3 fully saturated rings. The van der Waals surface area contributed by atoms with Crippen LogP contribution in [0.3, 0.4) is 0 Å². The highest BCUT2D eigenvalue weighted by molar-refractivity contribution is 5.06. The molecule has 3 rings (SSSR count). The molecule has 0 spiro atoms. The Balaban J connectivity index is 1.81. The summed E-state index contributed by atoms with van der Waals surface area (Å²) in [6, 6.07) is 0. The quantitative estimate of drug-likeness (QED) is 0.750. The van der Waals surface area contributed by atoms with Gasteiger partial charge in [0.05, 0.1) is 0 Å². The van der Waals surface area contributed by atoms with E-state index in [1.54, 1.807) is 0 Å². The van der Waals surface area contributed by atoms with Gasteiger partial charge in [0.15, 0.2) is 17.9 Å². The number of hydrogen-bond donors (Lipinski definition) is 0. The van der Waals surface area contributed by atoms with Gasteiger partial charge in [0.2, 0.25) is 0 Å². The monoisotopic (exact) mass is 298 g/mol. The number of fused-ring (bicyclic) bond motifs is 3. The highest BCUT2D eigenvalue weighted by Gasteiger charge is 2.60. The van der Waals surface area contributed by atoms with Gasteiger partial charge >= 0.3 is 0 Å². The van der Waals surface area contributed by atoms with Gasteiger partial charge in [0, 0.05) is 0 Å². The van der Waals surface area contributed by atoms with Crippen molar-refractivity contribution in [3.05, 3.63) is 12.2 Å². The Morgan fingerprint density at radius 3 is 2.19 bits per heavy atom. The van der Waals surface area contributed by atoms with Crippen molar-refractivity contribution in [2.24, 2.45) is 0 Å². The average molecular weight is 298 g/mol. The van der Waals surface area contributed by atoms with Crippen LogP contribution in [0, 0.1) is 0 Å². The lowest BCUT2D eigenvalue weighted by atomic mass is 9.98. The van der Waals surface area contributed by atoms with Crippen molar-refractivity contribution in [3.8, 4) is 0 Å². The van der Waals surface area contributed by atoms with Crippen LogP contribution in [0.25, 0.3) is 0 Å². The summed E-state index contributed by atoms with van der Waals surface area (Å²) in [5.74, 6) is -1.28. The molecule has 0 aromatic rings. The molecule has 21 heavy (non-hydrogen) atoms. The Bertz CT molecular complexity index is 417. The molecule has 5 heteroatoms. The second-order valence-electron chi connectivity index (χ2n) is 6.85. The van der Waals surface area contributed by atoms with Crippen molar-refractivity contribution in [1.82, 2.24) is 0 Å². The molecule has 3 saturated heterocycles. The fourth-order valence-corrected chi connectivity index (χ4v) is 3.19. The molecule has 0 amide bonds. The predicted molar refractivity (Wildman–Crippen MR) is 76.6 cm³/mol. The summed E-state index contributed by atoms with van der Waals surface area (Å²) < 4.78 is 30.0. The summed E-state index contributed by atoms with van der Waals surface area (Å²) in [6.45, 7) is 9.79. The fraction of sp³-hybridized carbons (Fsp3) is 0.875. The maximum absolute atomic E-state index is 6.06. The van der Waals surface area contributed by atoms with Crippen molar-refractivity contribution in [3.63, 3.8) is 0 Å². The smallest absolute Gasteiger partial charge is 0.190 e. The van der Waals surface area contributed by atoms with Crippen molar-refractivity contribution in [2.45, 2.75) is 89.7 Å². The summed E-state index contributed by atoms with van der Waals surface area (Å²) in [6.07, 6.45) is 5.19. The SMILES string of the molecule is CCC/C=C\[C@H]1O[C@@H]2OC(C)(C)O[C@@H]2[C@H]2OC(C)(C)O[C@H]21. The van der Waals surface area contributed by atoms with Crippen LogP contribution in [0.15, 0.2) is 12.2 Å². The molecule has 0 N–H and O–H groups in total. The van der Waals surface area contributed by atoms with Gasteiger partial charge in [-0.2, -0.15) is 0 Å². The lowest BCUT2D eigenvalue weighted by Crippen LogP contribution is -2.54. The van der Waals surface area contributed by atoms with Crippen LogP contribution in [-0.4, -0.2) is 42.3 Å². The van der Waals surface area contributed by atoms with Crippen LogP contribution >= 0.6 is 0 Å². The summed E-state index contributed by atoms with van der Waals surface area (Å²) in [5, 5.41) is 0. The topological polar surface area (TPSA) is 46.2 Å². The van der Waals surface area contributed by atoms with E-state index in [1.807, 2.05) is 27.7 Å². The molecule has 0 aromatic carbocycles. The van der Waals surface area contributed by atoms with Gasteiger partial charge in [-0.25, -0.2) is 0 Å². The second-order valence-corrected chi connectivity index (χ2v) is 6.85. The van der Waals surface area contributed by atoms with Crippen LogP contribution in [-0.2, 0) is 23.7 Å². The lowest BCUT2D eigenvalue weighted by molar-refractivity contribution is -0.222. The van der Waals surface area contributed by atoms with Gasteiger partial charge in [-0.3, -0.25) is 0 Å². The Labute approximate surface area is 126 Å². The van der Waals surface area contributed by atoms with Crippen LogP contribution in [0.4, 0.5) is 0 Å². The molecule has 0 unspecified atom stereocenters. The second kappa shape index (κ2) is 5.32. The molecular weight excluding hydrogens is 272 g/mol. The van der Waals surface area contributed by atoms with Crippen LogP contribution in [0.2, 0.25) is 0 Å². The van der Waals surface area contributed by atoms with E-state index in [0.29, 0.717) is 0 Å². The first-order valence-electron chi connectivity index (χ1n) is 7.85. The highest BCUT2D eigenvalue weighted by atomic mass is 16.9. The van der Waals surface area contributed by atoms with Crippen molar-refractivity contribution in [1.29, 1.82) is 0 Å². The van der Waals surface area contributed by atoms with E-state index in [0.717, 1.165) is 12.8 Å². The fourth-order valence-electron chi connectivity index (χ4n) is 3.19. The van der Waals surface area contributed by atoms with Gasteiger partial charge in [0.25, 0.3) is 0 Å². The molecule has 120 valence electrons. The molecule has 5 nitrogen and oxygen atoms in total. The third-order valence-corrected chi connectivity index (χ3v) is 3.97. The number of rotatable bonds is 3. The summed E-state index contributed by atoms with van der Waals surface area (Å²) in [4.78, 5) is 0. The molecular formula is C16H26O5. The predicted octanol–water partition coefficient (Wildman–Crippen LogP) is 2.74. The molecule has 0 aromatic heterocycles. The summed E-state index contributed by atoms with van der Waals surface area (Å²) >= 11 is 0. The Morgan fingerprint density at radius 1 is 0.857 bits per heavy atom. The zero-order valence-electron chi connectivity index (χ0n) is 13.5. The van der Waals surface area contributed by atoms with Crippen molar-refractivity contribution >= 4 is 0 Å². The molecule has 0 saturated carbocycles. The maximum atomic E-state index is 6.06. The average Bonchev–Trinajstić information content (AvgIpc) is 2.84. The molecule has 3 aliphatic rings. The number of allylic oxidation sites excluding steroid dienone is 1. The van der Waals surface area contributed by atoms with Gasteiger partial charge < -0.3 is 23.7 Å². The summed E-state index contributed by atoms with van der Waals surface area (Å²) in [7, 11) is 0. The van der Waals surface area contributed by atoms with E-state index in [-0.39, 0.29) is 24.4 Å². The minimum absolute atomic E-state index is 0.160. The first kappa shape index (κ1) is 15.4. The standard InChI is InChI=1S/C16H26O5/c1-6-7-8-9-10-11-12(19-15(2,3)18-11)13-14(17-10)21-16(4,5)20-13/h8-14H,6-7H2,1-5H3/b9-8-/t10-,11+,12+,13-,14-/m1/s1. The van der Waals surface area contributed by atoms with Crippen LogP contribution in [0.5, 0.6) is 0 Å². The molecule has 3 aliphatic heterocycles. The van der Waals surface area contributed by atoms with Crippen LogP contribution < -0.4 is 0 Å². The first-order valence-corrected chi connectivity index (χ1v) is 7.85. The lowest BCUT2D eigenvalue weighted by Gasteiger charge is -2.36. The van der Waals surface area contributed by atoms with Gasteiger partial charge in [-0.05, 0) is 34.1 Å². The normalized spacial score (nSPS) is 44.0. The van der Waals surface area contributed by atoms with E-state index < -0.39 is 17.9 Å². The minimum atomic E-state index is -0.655. The number of hydrogen-bond acceptors (Lipinski definition) is 5. The molecule has 0 bridgehead atoms. The zero-order valence-corrected chi connectivity index (χ0v) is 13.5. The number of unbranched alkanes of at least 4 members (excludes halogenated alkanes) is 1. The Kier molecular flexibility index (Phi) is 3.91. The van der Waals surface area contributed by atoms with E-state index in [1.165, 1.54) is 0 Å². The van der Waals surface area contributed by atoms with E-state index >= 15 is 0 Å². The third kappa shape index (κ3) is 3.03. The number of ether oxygens (including phenoxy) is 5. The summed E-state index contributed by atoms with van der Waals surface area (Å²) in [5.41, 5.74) is 0. The van der Waals surface area contributed by atoms with E-state index in [4.69, 9.17) is 23.7 Å². The van der Waals surface area contributed by atoms with E-state index in [9.17, 15) is 0 Å². The van der Waals surface area contributed by atoms with Gasteiger partial charge in [0.1, 0.15) is 24.4 Å². The third-order valence-electron chi connectivity index (χ3n) is 3.97. The largest absolute Gasteiger partial charge is 0.342 e. The molecule has 3 heterocycles. The molecule has 0 aliphatic carbocycles. The molecule has 0 radical (unpaired) electrons. The molecule has 5 atom stereocenters. The minimum Gasteiger partial charge on any atom is -0.342 e. The first-order chi connectivity index (χ1) is 9.81. The maximum Gasteiger partial charge on any atom is 0.190 e. The highest BCUT2D eigenvalue weighted by Crippen LogP contribution is 2.44.